The summed E-state index contributed by atoms with van der Waals surface area (Å²) in [6.07, 6.45) is 2.89. The number of piperidine rings is 1. The first-order chi connectivity index (χ1) is 13.4. The average molecular weight is 388 g/mol. The van der Waals surface area contributed by atoms with Crippen LogP contribution in [0.2, 0.25) is 0 Å². The Labute approximate surface area is 165 Å². The zero-order valence-corrected chi connectivity index (χ0v) is 16.7. The molecule has 1 atom stereocenters. The highest BCUT2D eigenvalue weighted by Crippen LogP contribution is 2.34. The molecule has 28 heavy (non-hydrogen) atoms. The lowest BCUT2D eigenvalue weighted by Gasteiger charge is -2.33. The highest BCUT2D eigenvalue weighted by Gasteiger charge is 2.30. The van der Waals surface area contributed by atoms with Crippen molar-refractivity contribution < 1.29 is 19.1 Å². The van der Waals surface area contributed by atoms with Gasteiger partial charge < -0.3 is 24.8 Å². The molecule has 2 aliphatic heterocycles. The number of benzene rings is 1. The molecule has 3 rings (SSSR count). The number of rotatable bonds is 4. The molecule has 4 amide bonds. The summed E-state index contributed by atoms with van der Waals surface area (Å²) in [5, 5.41) is 2.95. The third-order valence-corrected chi connectivity index (χ3v) is 5.26. The second kappa shape index (κ2) is 8.50. The number of amides is 4. The number of hydrogen-bond acceptors (Lipinski definition) is 4. The lowest BCUT2D eigenvalue weighted by Crippen LogP contribution is -2.47. The molecule has 0 spiro atoms. The van der Waals surface area contributed by atoms with E-state index in [1.165, 1.54) is 4.90 Å². The van der Waals surface area contributed by atoms with Gasteiger partial charge in [0.1, 0.15) is 5.75 Å². The lowest BCUT2D eigenvalue weighted by molar-refractivity contribution is -0.121. The van der Waals surface area contributed by atoms with Crippen molar-refractivity contribution in [2.75, 3.05) is 51.1 Å². The minimum Gasteiger partial charge on any atom is -0.495 e. The third kappa shape index (κ3) is 4.21. The number of carbonyl (C=O) groups is 3. The number of anilines is 2. The molecule has 8 nitrogen and oxygen atoms in total. The van der Waals surface area contributed by atoms with E-state index in [9.17, 15) is 14.4 Å². The van der Waals surface area contributed by atoms with Crippen molar-refractivity contribution >= 4 is 29.2 Å². The summed E-state index contributed by atoms with van der Waals surface area (Å²) in [6.45, 7) is 1.73. The first kappa shape index (κ1) is 20.0. The van der Waals surface area contributed by atoms with Crippen LogP contribution < -0.4 is 15.0 Å². The van der Waals surface area contributed by atoms with Gasteiger partial charge in [0, 0.05) is 45.8 Å². The maximum atomic E-state index is 12.8. The molecule has 1 aromatic carbocycles. The Hall–Kier alpha value is -2.77. The van der Waals surface area contributed by atoms with Gasteiger partial charge in [-0.05, 0) is 37.5 Å². The van der Waals surface area contributed by atoms with Crippen LogP contribution in [0.3, 0.4) is 0 Å². The van der Waals surface area contributed by atoms with E-state index in [0.29, 0.717) is 43.2 Å². The zero-order valence-electron chi connectivity index (χ0n) is 16.7. The van der Waals surface area contributed by atoms with Crippen molar-refractivity contribution in [2.45, 2.75) is 25.7 Å². The normalized spacial score (nSPS) is 19.5. The molecule has 0 bridgehead atoms. The summed E-state index contributed by atoms with van der Waals surface area (Å²) in [5.74, 6) is 0.303. The van der Waals surface area contributed by atoms with Gasteiger partial charge in [-0.2, -0.15) is 0 Å². The largest absolute Gasteiger partial charge is 0.495 e. The number of urea groups is 1. The van der Waals surface area contributed by atoms with E-state index in [1.54, 1.807) is 49.2 Å². The Morgan fingerprint density at radius 3 is 2.64 bits per heavy atom. The minimum absolute atomic E-state index is 0.0619. The van der Waals surface area contributed by atoms with Gasteiger partial charge in [-0.1, -0.05) is 0 Å². The Bertz CT molecular complexity index is 765. The molecule has 152 valence electrons. The number of hydrogen-bond donors (Lipinski definition) is 1. The number of likely N-dealkylation sites (tertiary alicyclic amines) is 1. The van der Waals surface area contributed by atoms with Crippen LogP contribution in [0.1, 0.15) is 25.7 Å². The Morgan fingerprint density at radius 2 is 2.00 bits per heavy atom. The van der Waals surface area contributed by atoms with Gasteiger partial charge in [0.05, 0.1) is 18.7 Å². The standard InChI is InChI=1S/C20H28N4O4/c1-22(2)20(27)23-10-4-6-14(13-23)19(26)21-15-8-9-17(28-3)16(12-15)24-11-5-7-18(24)25/h8-9,12,14H,4-7,10-11,13H2,1-3H3,(H,21,26)/t14-/m0/s1. The maximum absolute atomic E-state index is 12.8. The first-order valence-electron chi connectivity index (χ1n) is 9.66. The summed E-state index contributed by atoms with van der Waals surface area (Å²) < 4.78 is 5.39. The van der Waals surface area contributed by atoms with Gasteiger partial charge in [0.25, 0.3) is 0 Å². The SMILES string of the molecule is COc1ccc(NC(=O)[C@H]2CCCN(C(=O)N(C)C)C2)cc1N1CCCC1=O. The monoisotopic (exact) mass is 388 g/mol. The molecule has 1 aromatic rings. The Balaban J connectivity index is 1.71. The highest BCUT2D eigenvalue weighted by molar-refractivity contribution is 5.99. The van der Waals surface area contributed by atoms with Gasteiger partial charge in [-0.25, -0.2) is 4.79 Å². The van der Waals surface area contributed by atoms with Gasteiger partial charge in [0.15, 0.2) is 0 Å². The summed E-state index contributed by atoms with van der Waals surface area (Å²) in [6, 6.07) is 5.24. The van der Waals surface area contributed by atoms with Gasteiger partial charge in [-0.3, -0.25) is 9.59 Å². The van der Waals surface area contributed by atoms with Crippen LogP contribution in [0.5, 0.6) is 5.75 Å². The first-order valence-corrected chi connectivity index (χ1v) is 9.66. The van der Waals surface area contributed by atoms with Gasteiger partial charge in [0.2, 0.25) is 11.8 Å². The molecular formula is C20H28N4O4. The predicted molar refractivity (Wildman–Crippen MR) is 107 cm³/mol. The Kier molecular flexibility index (Phi) is 6.06. The fourth-order valence-electron chi connectivity index (χ4n) is 3.77. The van der Waals surface area contributed by atoms with Crippen LogP contribution in [-0.4, -0.2) is 68.5 Å². The van der Waals surface area contributed by atoms with Crippen molar-refractivity contribution in [2.24, 2.45) is 5.92 Å². The van der Waals surface area contributed by atoms with Crippen LogP contribution in [0, 0.1) is 5.92 Å². The van der Waals surface area contributed by atoms with Crippen molar-refractivity contribution in [1.82, 2.24) is 9.80 Å². The molecule has 8 heteroatoms. The van der Waals surface area contributed by atoms with Crippen LogP contribution in [0.4, 0.5) is 16.2 Å². The Morgan fingerprint density at radius 1 is 1.21 bits per heavy atom. The van der Waals surface area contributed by atoms with Crippen LogP contribution in [0.15, 0.2) is 18.2 Å². The molecule has 0 saturated carbocycles. The van der Waals surface area contributed by atoms with Crippen LogP contribution in [0.25, 0.3) is 0 Å². The molecule has 2 aliphatic rings. The molecule has 1 N–H and O–H groups in total. The van der Waals surface area contributed by atoms with E-state index in [-0.39, 0.29) is 23.8 Å². The number of methoxy groups -OCH3 is 1. The van der Waals surface area contributed by atoms with Crippen molar-refractivity contribution in [3.05, 3.63) is 18.2 Å². The number of nitrogens with one attached hydrogen (secondary N) is 1. The van der Waals surface area contributed by atoms with Gasteiger partial charge in [-0.15, -0.1) is 0 Å². The summed E-state index contributed by atoms with van der Waals surface area (Å²) in [5.41, 5.74) is 1.30. The topological polar surface area (TPSA) is 82.2 Å². The van der Waals surface area contributed by atoms with E-state index in [4.69, 9.17) is 4.74 Å². The van der Waals surface area contributed by atoms with E-state index in [1.807, 2.05) is 0 Å². The molecular weight excluding hydrogens is 360 g/mol. The number of nitrogens with zero attached hydrogens (tertiary/aromatic N) is 3. The lowest BCUT2D eigenvalue weighted by atomic mass is 9.97. The summed E-state index contributed by atoms with van der Waals surface area (Å²) >= 11 is 0. The molecule has 0 aromatic heterocycles. The molecule has 2 saturated heterocycles. The third-order valence-electron chi connectivity index (χ3n) is 5.26. The molecule has 2 fully saturated rings. The van der Waals surface area contributed by atoms with E-state index in [0.717, 1.165) is 19.3 Å². The second-order valence-corrected chi connectivity index (χ2v) is 7.49. The van der Waals surface area contributed by atoms with Crippen molar-refractivity contribution in [1.29, 1.82) is 0 Å². The predicted octanol–water partition coefficient (Wildman–Crippen LogP) is 2.15. The van der Waals surface area contributed by atoms with Gasteiger partial charge >= 0.3 is 6.03 Å². The van der Waals surface area contributed by atoms with E-state index >= 15 is 0 Å². The molecule has 0 aliphatic carbocycles. The number of ether oxygens (including phenoxy) is 1. The highest BCUT2D eigenvalue weighted by atomic mass is 16.5. The summed E-state index contributed by atoms with van der Waals surface area (Å²) in [4.78, 5) is 42.0. The molecule has 0 radical (unpaired) electrons. The van der Waals surface area contributed by atoms with Crippen LogP contribution in [-0.2, 0) is 9.59 Å². The smallest absolute Gasteiger partial charge is 0.319 e. The fourth-order valence-corrected chi connectivity index (χ4v) is 3.77. The van der Waals surface area contributed by atoms with Crippen LogP contribution >= 0.6 is 0 Å². The quantitative estimate of drug-likeness (QED) is 0.857. The van der Waals surface area contributed by atoms with Crippen molar-refractivity contribution in [3.8, 4) is 5.75 Å². The fraction of sp³-hybridized carbons (Fsp3) is 0.550. The average Bonchev–Trinajstić information content (AvgIpc) is 3.13. The minimum atomic E-state index is -0.253. The maximum Gasteiger partial charge on any atom is 0.319 e. The molecule has 0 unspecified atom stereocenters. The second-order valence-electron chi connectivity index (χ2n) is 7.49. The van der Waals surface area contributed by atoms with E-state index < -0.39 is 0 Å². The number of carbonyl (C=O) groups excluding carboxylic acids is 3. The summed E-state index contributed by atoms with van der Waals surface area (Å²) in [7, 11) is 4.99. The van der Waals surface area contributed by atoms with E-state index in [2.05, 4.69) is 5.32 Å². The molecule has 2 heterocycles. The zero-order chi connectivity index (χ0) is 20.3. The van der Waals surface area contributed by atoms with Crippen molar-refractivity contribution in [3.63, 3.8) is 0 Å².